The van der Waals surface area contributed by atoms with Gasteiger partial charge in [0.05, 0.1) is 15.5 Å². The standard InChI is InChI=1S/C22H26N4O4S2/c1-5-26(6-2)22(28)24-21-23-15(4)20(31-21)16-8-7-14(3)19(13-16)32(29,30)25-17-9-11-18(27)12-10-17/h7-13,25,27H,5-6H2,1-4H3,(H,23,24,28). The van der Waals surface area contributed by atoms with Crippen molar-refractivity contribution in [3.8, 4) is 16.2 Å². The average Bonchev–Trinajstić information content (AvgIpc) is 3.10. The summed E-state index contributed by atoms with van der Waals surface area (Å²) < 4.78 is 28.6. The Labute approximate surface area is 192 Å². The molecule has 0 fully saturated rings. The van der Waals surface area contributed by atoms with E-state index in [0.29, 0.717) is 40.7 Å². The van der Waals surface area contributed by atoms with E-state index in [2.05, 4.69) is 15.0 Å². The number of aryl methyl sites for hydroxylation is 2. The molecule has 2 aromatic carbocycles. The van der Waals surface area contributed by atoms with Gasteiger partial charge in [-0.2, -0.15) is 0 Å². The second-order valence-electron chi connectivity index (χ2n) is 7.17. The first-order valence-electron chi connectivity index (χ1n) is 10.1. The van der Waals surface area contributed by atoms with E-state index in [1.807, 2.05) is 26.8 Å². The fourth-order valence-corrected chi connectivity index (χ4v) is 5.45. The molecule has 1 heterocycles. The number of hydrogen-bond acceptors (Lipinski definition) is 6. The van der Waals surface area contributed by atoms with Crippen LogP contribution in [-0.4, -0.2) is 42.5 Å². The summed E-state index contributed by atoms with van der Waals surface area (Å²) in [6.07, 6.45) is 0. The second kappa shape index (κ2) is 9.58. The number of nitrogens with one attached hydrogen (secondary N) is 2. The van der Waals surface area contributed by atoms with Crippen LogP contribution in [0.3, 0.4) is 0 Å². The number of aromatic hydroxyl groups is 1. The molecule has 32 heavy (non-hydrogen) atoms. The molecule has 10 heteroatoms. The van der Waals surface area contributed by atoms with Crippen LogP contribution in [0.15, 0.2) is 47.4 Å². The minimum atomic E-state index is -3.85. The first kappa shape index (κ1) is 23.6. The lowest BCUT2D eigenvalue weighted by Crippen LogP contribution is -2.34. The number of rotatable bonds is 7. The number of anilines is 2. The molecule has 3 rings (SSSR count). The van der Waals surface area contributed by atoms with Crippen molar-refractivity contribution >= 4 is 38.2 Å². The highest BCUT2D eigenvalue weighted by Gasteiger charge is 2.20. The number of urea groups is 1. The Morgan fingerprint density at radius 1 is 1.09 bits per heavy atom. The minimum absolute atomic E-state index is 0.0516. The van der Waals surface area contributed by atoms with Crippen LogP contribution in [0.1, 0.15) is 25.1 Å². The zero-order chi connectivity index (χ0) is 23.5. The molecule has 0 spiro atoms. The van der Waals surface area contributed by atoms with Gasteiger partial charge in [-0.05, 0) is 69.2 Å². The highest BCUT2D eigenvalue weighted by atomic mass is 32.2. The molecular formula is C22H26N4O4S2. The van der Waals surface area contributed by atoms with Crippen molar-refractivity contribution in [2.24, 2.45) is 0 Å². The van der Waals surface area contributed by atoms with Crippen molar-refractivity contribution in [1.29, 1.82) is 0 Å². The molecule has 0 atom stereocenters. The van der Waals surface area contributed by atoms with Crippen molar-refractivity contribution in [1.82, 2.24) is 9.88 Å². The van der Waals surface area contributed by atoms with Crippen LogP contribution in [0.2, 0.25) is 0 Å². The monoisotopic (exact) mass is 474 g/mol. The van der Waals surface area contributed by atoms with Crippen molar-refractivity contribution < 1.29 is 18.3 Å². The van der Waals surface area contributed by atoms with E-state index in [1.165, 1.54) is 35.6 Å². The van der Waals surface area contributed by atoms with E-state index in [1.54, 1.807) is 24.0 Å². The number of aromatic nitrogens is 1. The third kappa shape index (κ3) is 5.20. The highest BCUT2D eigenvalue weighted by Crippen LogP contribution is 2.35. The van der Waals surface area contributed by atoms with E-state index in [0.717, 1.165) is 4.88 Å². The van der Waals surface area contributed by atoms with Crippen LogP contribution in [0.5, 0.6) is 5.75 Å². The zero-order valence-electron chi connectivity index (χ0n) is 18.3. The summed E-state index contributed by atoms with van der Waals surface area (Å²) in [7, 11) is -3.85. The number of carbonyl (C=O) groups is 1. The van der Waals surface area contributed by atoms with Gasteiger partial charge in [-0.25, -0.2) is 18.2 Å². The van der Waals surface area contributed by atoms with Gasteiger partial charge in [0, 0.05) is 18.8 Å². The molecule has 3 N–H and O–H groups in total. The van der Waals surface area contributed by atoms with Gasteiger partial charge in [-0.15, -0.1) is 0 Å². The number of benzene rings is 2. The van der Waals surface area contributed by atoms with Crippen LogP contribution in [0, 0.1) is 13.8 Å². The number of sulfonamides is 1. The first-order valence-corrected chi connectivity index (χ1v) is 12.4. The Hall–Kier alpha value is -3.11. The lowest BCUT2D eigenvalue weighted by molar-refractivity contribution is 0.217. The fourth-order valence-electron chi connectivity index (χ4n) is 3.17. The quantitative estimate of drug-likeness (QED) is 0.426. The molecule has 8 nitrogen and oxygen atoms in total. The molecule has 3 aromatic rings. The minimum Gasteiger partial charge on any atom is -0.508 e. The van der Waals surface area contributed by atoms with Gasteiger partial charge in [0.15, 0.2) is 5.13 Å². The van der Waals surface area contributed by atoms with E-state index >= 15 is 0 Å². The van der Waals surface area contributed by atoms with Crippen molar-refractivity contribution in [2.45, 2.75) is 32.6 Å². The van der Waals surface area contributed by atoms with Crippen LogP contribution >= 0.6 is 11.3 Å². The lowest BCUT2D eigenvalue weighted by Gasteiger charge is -2.17. The zero-order valence-corrected chi connectivity index (χ0v) is 20.0. The van der Waals surface area contributed by atoms with Gasteiger partial charge in [0.1, 0.15) is 5.75 Å². The summed E-state index contributed by atoms with van der Waals surface area (Å²) in [5, 5.41) is 12.7. The largest absolute Gasteiger partial charge is 0.508 e. The topological polar surface area (TPSA) is 112 Å². The molecule has 0 aliphatic carbocycles. The van der Waals surface area contributed by atoms with Crippen molar-refractivity contribution in [3.63, 3.8) is 0 Å². The molecule has 0 unspecified atom stereocenters. The van der Waals surface area contributed by atoms with Crippen LogP contribution in [-0.2, 0) is 10.0 Å². The SMILES string of the molecule is CCN(CC)C(=O)Nc1nc(C)c(-c2ccc(C)c(S(=O)(=O)Nc3ccc(O)cc3)c2)s1. The number of amides is 2. The van der Waals surface area contributed by atoms with Gasteiger partial charge < -0.3 is 10.0 Å². The Morgan fingerprint density at radius 3 is 2.38 bits per heavy atom. The van der Waals surface area contributed by atoms with Gasteiger partial charge in [-0.1, -0.05) is 23.5 Å². The normalized spacial score (nSPS) is 11.2. The molecular weight excluding hydrogens is 448 g/mol. The molecule has 2 amide bonds. The van der Waals surface area contributed by atoms with Crippen molar-refractivity contribution in [3.05, 3.63) is 53.7 Å². The number of hydrogen-bond donors (Lipinski definition) is 3. The smallest absolute Gasteiger partial charge is 0.323 e. The maximum absolute atomic E-state index is 13.0. The maximum atomic E-state index is 13.0. The van der Waals surface area contributed by atoms with Gasteiger partial charge in [0.2, 0.25) is 0 Å². The second-order valence-corrected chi connectivity index (χ2v) is 9.82. The summed E-state index contributed by atoms with van der Waals surface area (Å²) in [4.78, 5) is 19.4. The number of nitrogens with zero attached hydrogens (tertiary/aromatic N) is 2. The number of phenolic OH excluding ortho intramolecular Hbond substituents is 1. The molecule has 0 bridgehead atoms. The first-order chi connectivity index (χ1) is 15.1. The third-order valence-electron chi connectivity index (χ3n) is 4.92. The van der Waals surface area contributed by atoms with E-state index in [4.69, 9.17) is 0 Å². The fraction of sp³-hybridized carbons (Fsp3) is 0.273. The predicted octanol–water partition coefficient (Wildman–Crippen LogP) is 4.81. The predicted molar refractivity (Wildman–Crippen MR) is 128 cm³/mol. The highest BCUT2D eigenvalue weighted by molar-refractivity contribution is 7.92. The van der Waals surface area contributed by atoms with Gasteiger partial charge in [0.25, 0.3) is 10.0 Å². The Bertz CT molecular complexity index is 1220. The Morgan fingerprint density at radius 2 is 1.75 bits per heavy atom. The molecule has 0 radical (unpaired) electrons. The van der Waals surface area contributed by atoms with Crippen LogP contribution < -0.4 is 10.0 Å². The third-order valence-corrected chi connectivity index (χ3v) is 7.57. The van der Waals surface area contributed by atoms with Crippen LogP contribution in [0.4, 0.5) is 15.6 Å². The summed E-state index contributed by atoms with van der Waals surface area (Å²) in [6.45, 7) is 8.54. The van der Waals surface area contributed by atoms with Gasteiger partial charge >= 0.3 is 6.03 Å². The van der Waals surface area contributed by atoms with E-state index in [-0.39, 0.29) is 16.7 Å². The van der Waals surface area contributed by atoms with E-state index < -0.39 is 10.0 Å². The van der Waals surface area contributed by atoms with Crippen molar-refractivity contribution in [2.75, 3.05) is 23.1 Å². The maximum Gasteiger partial charge on any atom is 0.323 e. The average molecular weight is 475 g/mol. The lowest BCUT2D eigenvalue weighted by atomic mass is 10.1. The Kier molecular flexibility index (Phi) is 7.05. The molecule has 0 saturated carbocycles. The summed E-state index contributed by atoms with van der Waals surface area (Å²) in [6, 6.07) is 10.8. The summed E-state index contributed by atoms with van der Waals surface area (Å²) in [5.41, 5.74) is 2.34. The molecule has 0 aliphatic heterocycles. The molecule has 0 aliphatic rings. The number of phenols is 1. The molecule has 170 valence electrons. The van der Waals surface area contributed by atoms with Crippen LogP contribution in [0.25, 0.3) is 10.4 Å². The summed E-state index contributed by atoms with van der Waals surface area (Å²) in [5.74, 6) is 0.0516. The number of carbonyl (C=O) groups excluding carboxylic acids is 1. The molecule has 0 saturated heterocycles. The molecule has 1 aromatic heterocycles. The van der Waals surface area contributed by atoms with Gasteiger partial charge in [-0.3, -0.25) is 10.0 Å². The summed E-state index contributed by atoms with van der Waals surface area (Å²) >= 11 is 1.30. The number of thiazole rings is 1. The van der Waals surface area contributed by atoms with E-state index in [9.17, 15) is 18.3 Å². The Balaban J connectivity index is 1.91.